The van der Waals surface area contributed by atoms with Crippen molar-refractivity contribution in [1.29, 1.82) is 0 Å². The lowest BCUT2D eigenvalue weighted by Gasteiger charge is -2.32. The SMILES string of the molecule is CC(C)CN(C(CCCCNC(=O)OC(C)(C)C)COP(=O)(O)O)S(=O)(=O)c1ccc(NC(=O)OC(C)(C)C)cc1.CC(C)CN(C(CCCCNC(=O)OC(C)(C)C)COP(=O)(O)O)S(=O)(=O)c1ccc(NC(=O)OC(C)(C)C)cc1.CC(C)CN(C(CO)CCCCNC(=O)OC(C)(C)C)S(=O)(=O)c1ccc(NC(=O)OC(C)(C)C)cc1. The number of hydrogen-bond acceptors (Lipinski definition) is 23. The highest BCUT2D eigenvalue weighted by Crippen LogP contribution is 2.39. The molecule has 119 heavy (non-hydrogen) atoms. The molecule has 3 unspecified atom stereocenters. The summed E-state index contributed by atoms with van der Waals surface area (Å²) in [5.41, 5.74) is -2.89. The Morgan fingerprint density at radius 3 is 0.739 bits per heavy atom. The largest absolute Gasteiger partial charge is 0.469 e. The predicted molar refractivity (Wildman–Crippen MR) is 454 cm³/mol. The molecular formula is C78H137N9O27P2S3. The molecule has 0 saturated heterocycles. The Hall–Kier alpha value is -6.81. The highest BCUT2D eigenvalue weighted by Gasteiger charge is 2.38. The lowest BCUT2D eigenvalue weighted by atomic mass is 10.1. The van der Waals surface area contributed by atoms with Crippen molar-refractivity contribution in [2.45, 2.75) is 290 Å². The van der Waals surface area contributed by atoms with Gasteiger partial charge in [0.2, 0.25) is 30.1 Å². The van der Waals surface area contributed by atoms with Crippen LogP contribution in [0.25, 0.3) is 0 Å². The number of aliphatic hydroxyl groups excluding tert-OH is 1. The molecule has 0 saturated carbocycles. The van der Waals surface area contributed by atoms with Gasteiger partial charge in [-0.1, -0.05) is 60.8 Å². The average molecular weight is 1790 g/mol. The van der Waals surface area contributed by atoms with E-state index in [1.807, 2.05) is 41.5 Å². The number of amides is 6. The number of phosphoric ester groups is 2. The van der Waals surface area contributed by atoms with Crippen LogP contribution < -0.4 is 31.9 Å². The first-order chi connectivity index (χ1) is 54.1. The van der Waals surface area contributed by atoms with Crippen molar-refractivity contribution in [3.05, 3.63) is 72.8 Å². The third-order valence-corrected chi connectivity index (χ3v) is 21.9. The van der Waals surface area contributed by atoms with E-state index in [1.165, 1.54) is 85.7 Å². The molecule has 3 rings (SSSR count). The van der Waals surface area contributed by atoms with Crippen LogP contribution in [0.15, 0.2) is 87.5 Å². The van der Waals surface area contributed by atoms with Crippen LogP contribution in [0.3, 0.4) is 0 Å². The molecule has 0 aliphatic rings. The number of unbranched alkanes of at least 4 members (excludes halogenated alkanes) is 3. The van der Waals surface area contributed by atoms with Crippen LogP contribution in [-0.2, 0) is 76.7 Å². The zero-order valence-electron chi connectivity index (χ0n) is 73.8. The third kappa shape index (κ3) is 49.8. The minimum atomic E-state index is -4.88. The quantitative estimate of drug-likeness (QED) is 0.0143. The minimum absolute atomic E-state index is 0.0331. The molecule has 3 atom stereocenters. The molecule has 0 aliphatic carbocycles. The number of aliphatic hydroxyl groups is 1. The van der Waals surface area contributed by atoms with Gasteiger partial charge in [-0.2, -0.15) is 12.9 Å². The van der Waals surface area contributed by atoms with Crippen molar-refractivity contribution in [1.82, 2.24) is 28.9 Å². The number of alkyl carbamates (subject to hydrolysis) is 3. The fourth-order valence-electron chi connectivity index (χ4n) is 10.6. The summed E-state index contributed by atoms with van der Waals surface area (Å²) in [4.78, 5) is 109. The number of nitrogens with one attached hydrogen (secondary N) is 6. The summed E-state index contributed by atoms with van der Waals surface area (Å²) >= 11 is 0. The Morgan fingerprint density at radius 2 is 0.546 bits per heavy atom. The lowest BCUT2D eigenvalue weighted by Crippen LogP contribution is -2.44. The molecule has 0 heterocycles. The minimum Gasteiger partial charge on any atom is -0.444 e. The number of sulfonamides is 3. The average Bonchev–Trinajstić information content (AvgIpc) is 0.803. The van der Waals surface area contributed by atoms with Gasteiger partial charge in [-0.05, 0) is 254 Å². The first-order valence-corrected chi connectivity index (χ1v) is 46.8. The topological polar surface area (TPSA) is 496 Å². The zero-order valence-corrected chi connectivity index (χ0v) is 78.0. The van der Waals surface area contributed by atoms with E-state index in [-0.39, 0.29) is 84.6 Å². The first-order valence-electron chi connectivity index (χ1n) is 39.4. The van der Waals surface area contributed by atoms with Crippen molar-refractivity contribution in [2.75, 3.05) is 75.0 Å². The highest BCUT2D eigenvalue weighted by atomic mass is 32.2. The standard InChI is InChI=1S/2C26H46N3O10PS.C26H45N3O7S/c2*1-19(2)17-29(41(35,36)22-14-12-20(13-15-22)28-24(31)39-26(6,7)8)21(18-37-40(32,33)34)11-9-10-16-27-23(30)38-25(3,4)5;1-19(2)17-29(21(18-30)11-9-10-16-27-23(31)35-25(3,4)5)37(33,34)22-14-12-20(13-15-22)28-24(32)36-26(6,7)8/h2*12-15,19,21H,9-11,16-18H2,1-8H3,(H,27,30)(H,28,31)(H2,32,33,34);12-15,19,21,30H,9-11,16-18H2,1-8H3,(H,27,31)(H,28,32). The maximum atomic E-state index is 13.8. The van der Waals surface area contributed by atoms with E-state index in [4.69, 9.17) is 37.5 Å². The second kappa shape index (κ2) is 48.9. The number of hydrogen-bond donors (Lipinski definition) is 11. The first kappa shape index (κ1) is 110. The fourth-order valence-corrected chi connectivity index (χ4v) is 16.7. The normalized spacial score (nSPS) is 13.6. The summed E-state index contributed by atoms with van der Waals surface area (Å²) in [6.45, 7) is 42.4. The number of phosphoric acid groups is 2. The Bertz CT molecular complexity index is 3890. The van der Waals surface area contributed by atoms with Crippen molar-refractivity contribution in [3.8, 4) is 0 Å². The van der Waals surface area contributed by atoms with Gasteiger partial charge in [0.25, 0.3) is 0 Å². The van der Waals surface area contributed by atoms with E-state index in [2.05, 4.69) is 31.9 Å². The van der Waals surface area contributed by atoms with Gasteiger partial charge in [-0.3, -0.25) is 25.0 Å². The maximum Gasteiger partial charge on any atom is 0.469 e. The van der Waals surface area contributed by atoms with Crippen LogP contribution in [0.2, 0.25) is 0 Å². The number of rotatable bonds is 40. The smallest absolute Gasteiger partial charge is 0.444 e. The van der Waals surface area contributed by atoms with Crippen molar-refractivity contribution >= 4 is 99.3 Å². The molecule has 6 amide bonds. The molecule has 0 aliphatic heterocycles. The number of carbonyl (C=O) groups is 6. The molecule has 0 radical (unpaired) electrons. The Labute approximate surface area is 705 Å². The molecule has 36 nitrogen and oxygen atoms in total. The van der Waals surface area contributed by atoms with E-state index in [1.54, 1.807) is 125 Å². The van der Waals surface area contributed by atoms with E-state index in [0.29, 0.717) is 68.6 Å². The zero-order chi connectivity index (χ0) is 91.7. The van der Waals surface area contributed by atoms with Gasteiger partial charge in [-0.25, -0.2) is 63.2 Å². The van der Waals surface area contributed by atoms with Gasteiger partial charge in [0, 0.05) is 74.5 Å². The summed E-state index contributed by atoms with van der Waals surface area (Å²) in [5.74, 6) is -0.209. The van der Waals surface area contributed by atoms with E-state index in [0.717, 1.165) is 0 Å². The van der Waals surface area contributed by atoms with Gasteiger partial charge in [0.15, 0.2) is 0 Å². The van der Waals surface area contributed by atoms with Gasteiger partial charge in [-0.15, -0.1) is 0 Å². The maximum absolute atomic E-state index is 13.8. The number of carbonyl (C=O) groups excluding carboxylic acids is 6. The van der Waals surface area contributed by atoms with Crippen molar-refractivity contribution in [3.63, 3.8) is 0 Å². The molecular weight excluding hydrogens is 1650 g/mol. The van der Waals surface area contributed by atoms with Gasteiger partial charge >= 0.3 is 52.2 Å². The molecule has 3 aromatic rings. The van der Waals surface area contributed by atoms with Crippen LogP contribution in [0, 0.1) is 17.8 Å². The van der Waals surface area contributed by atoms with Crippen LogP contribution in [0.1, 0.15) is 224 Å². The van der Waals surface area contributed by atoms with Gasteiger partial charge in [0.1, 0.15) is 33.6 Å². The number of ether oxygens (including phenoxy) is 6. The van der Waals surface area contributed by atoms with Crippen LogP contribution >= 0.6 is 15.6 Å². The molecule has 11 N–H and O–H groups in total. The molecule has 0 fully saturated rings. The van der Waals surface area contributed by atoms with Crippen LogP contribution in [-0.4, -0.2) is 210 Å². The second-order valence-electron chi connectivity index (χ2n) is 35.3. The lowest BCUT2D eigenvalue weighted by molar-refractivity contribution is 0.0515. The molecule has 3 aromatic carbocycles. The number of anilines is 3. The van der Waals surface area contributed by atoms with E-state index in [9.17, 15) is 87.8 Å². The third-order valence-electron chi connectivity index (χ3n) is 15.2. The summed E-state index contributed by atoms with van der Waals surface area (Å²) < 4.78 is 149. The summed E-state index contributed by atoms with van der Waals surface area (Å²) in [7, 11) is -22.0. The van der Waals surface area contributed by atoms with E-state index < -0.39 is 147 Å². The molecule has 41 heteroatoms. The number of nitrogens with zero attached hydrogens (tertiary/aromatic N) is 3. The fraction of sp³-hybridized carbons (Fsp3) is 0.692. The monoisotopic (exact) mass is 1790 g/mol. The van der Waals surface area contributed by atoms with Crippen LogP contribution in [0.4, 0.5) is 45.8 Å². The molecule has 0 aromatic heterocycles. The summed E-state index contributed by atoms with van der Waals surface area (Å²) in [6, 6.07) is 14.5. The van der Waals surface area contributed by atoms with Crippen molar-refractivity contribution < 1.29 is 125 Å². The Morgan fingerprint density at radius 1 is 0.345 bits per heavy atom. The summed E-state index contributed by atoms with van der Waals surface area (Å²) in [6.07, 6.45) is 0.166. The predicted octanol–water partition coefficient (Wildman–Crippen LogP) is 14.4. The van der Waals surface area contributed by atoms with Gasteiger partial charge < -0.3 is 69.1 Å². The van der Waals surface area contributed by atoms with Crippen molar-refractivity contribution in [2.24, 2.45) is 17.8 Å². The summed E-state index contributed by atoms with van der Waals surface area (Å²) in [5, 5.41) is 25.7. The highest BCUT2D eigenvalue weighted by molar-refractivity contribution is 7.89. The second-order valence-corrected chi connectivity index (χ2v) is 43.5. The molecule has 0 bridgehead atoms. The molecule has 684 valence electrons. The van der Waals surface area contributed by atoms with E-state index >= 15 is 0 Å². The Balaban J connectivity index is 0.000000894. The van der Waals surface area contributed by atoms with Crippen LogP contribution in [0.5, 0.6) is 0 Å². The molecule has 0 spiro atoms. The number of benzene rings is 3. The Kier molecular flexibility index (Phi) is 45.3. The van der Waals surface area contributed by atoms with Gasteiger partial charge in [0.05, 0.1) is 34.5 Å².